The van der Waals surface area contributed by atoms with Gasteiger partial charge in [-0.3, -0.25) is 0 Å². The van der Waals surface area contributed by atoms with E-state index in [0.717, 1.165) is 0 Å². The van der Waals surface area contributed by atoms with Gasteiger partial charge in [0, 0.05) is 11.6 Å². The highest BCUT2D eigenvalue weighted by atomic mass is 35.5. The molecular weight excluding hydrogens is 219 g/mol. The van der Waals surface area contributed by atoms with Crippen molar-refractivity contribution >= 4 is 11.6 Å². The first kappa shape index (κ1) is 10.1. The number of rotatable bonds is 2. The Morgan fingerprint density at radius 2 is 2.27 bits per heavy atom. The molecular formula is C10H8ClFN2O. The molecule has 0 bridgehead atoms. The molecule has 1 heterocycles. The van der Waals surface area contributed by atoms with Crippen molar-refractivity contribution < 1.29 is 8.81 Å². The third kappa shape index (κ3) is 1.86. The summed E-state index contributed by atoms with van der Waals surface area (Å²) >= 11 is 5.77. The van der Waals surface area contributed by atoms with E-state index in [9.17, 15) is 4.39 Å². The van der Waals surface area contributed by atoms with Gasteiger partial charge < -0.3 is 10.2 Å². The van der Waals surface area contributed by atoms with Crippen LogP contribution in [0.25, 0.3) is 11.3 Å². The zero-order valence-electron chi connectivity index (χ0n) is 7.71. The predicted molar refractivity (Wildman–Crippen MR) is 54.8 cm³/mol. The normalized spacial score (nSPS) is 10.6. The molecule has 1 aromatic carbocycles. The third-order valence-electron chi connectivity index (χ3n) is 2.01. The summed E-state index contributed by atoms with van der Waals surface area (Å²) in [6.07, 6.45) is 1.23. The second kappa shape index (κ2) is 4.00. The summed E-state index contributed by atoms with van der Waals surface area (Å²) in [5.41, 5.74) is 6.23. The lowest BCUT2D eigenvalue weighted by molar-refractivity contribution is 0.560. The van der Waals surface area contributed by atoms with Crippen molar-refractivity contribution in [3.8, 4) is 11.3 Å². The average Bonchev–Trinajstić information content (AvgIpc) is 2.69. The molecule has 0 spiro atoms. The number of aromatic nitrogens is 1. The second-order valence-electron chi connectivity index (χ2n) is 2.96. The molecule has 0 aliphatic heterocycles. The molecule has 0 aliphatic rings. The molecule has 0 radical (unpaired) electrons. The van der Waals surface area contributed by atoms with Crippen molar-refractivity contribution in [1.29, 1.82) is 0 Å². The summed E-state index contributed by atoms with van der Waals surface area (Å²) in [6, 6.07) is 4.23. The zero-order chi connectivity index (χ0) is 10.8. The van der Waals surface area contributed by atoms with Crippen molar-refractivity contribution in [3.63, 3.8) is 0 Å². The van der Waals surface area contributed by atoms with Crippen LogP contribution >= 0.6 is 11.6 Å². The maximum atomic E-state index is 13.5. The Balaban J connectivity index is 2.58. The van der Waals surface area contributed by atoms with E-state index >= 15 is 0 Å². The molecule has 78 valence electrons. The fourth-order valence-corrected chi connectivity index (χ4v) is 1.48. The van der Waals surface area contributed by atoms with E-state index in [-0.39, 0.29) is 12.1 Å². The Labute approximate surface area is 90.7 Å². The number of halogens is 2. The van der Waals surface area contributed by atoms with E-state index < -0.39 is 5.82 Å². The van der Waals surface area contributed by atoms with Gasteiger partial charge in [-0.25, -0.2) is 9.37 Å². The molecule has 1 aromatic heterocycles. The molecule has 2 N–H and O–H groups in total. The van der Waals surface area contributed by atoms with Gasteiger partial charge in [0.1, 0.15) is 11.5 Å². The topological polar surface area (TPSA) is 52.0 Å². The number of benzene rings is 1. The van der Waals surface area contributed by atoms with E-state index in [1.807, 2.05) is 0 Å². The molecule has 2 rings (SSSR count). The van der Waals surface area contributed by atoms with Crippen LogP contribution in [0.3, 0.4) is 0 Å². The molecule has 5 heteroatoms. The average molecular weight is 227 g/mol. The van der Waals surface area contributed by atoms with Gasteiger partial charge in [0.25, 0.3) is 0 Å². The van der Waals surface area contributed by atoms with Crippen molar-refractivity contribution in [3.05, 3.63) is 41.1 Å². The first-order valence-corrected chi connectivity index (χ1v) is 4.68. The summed E-state index contributed by atoms with van der Waals surface area (Å²) in [7, 11) is 0. The van der Waals surface area contributed by atoms with Gasteiger partial charge in [-0.1, -0.05) is 11.6 Å². The summed E-state index contributed by atoms with van der Waals surface area (Å²) in [5.74, 6) is -0.0802. The zero-order valence-corrected chi connectivity index (χ0v) is 8.46. The molecule has 0 saturated heterocycles. The first-order valence-electron chi connectivity index (χ1n) is 4.30. The Kier molecular flexibility index (Phi) is 2.70. The highest BCUT2D eigenvalue weighted by molar-refractivity contribution is 6.30. The van der Waals surface area contributed by atoms with Crippen LogP contribution < -0.4 is 5.73 Å². The van der Waals surface area contributed by atoms with Crippen molar-refractivity contribution in [2.75, 3.05) is 0 Å². The van der Waals surface area contributed by atoms with E-state index in [1.54, 1.807) is 0 Å². The van der Waals surface area contributed by atoms with E-state index in [4.69, 9.17) is 21.8 Å². The lowest BCUT2D eigenvalue weighted by atomic mass is 10.1. The molecule has 2 aromatic rings. The van der Waals surface area contributed by atoms with Gasteiger partial charge in [-0.2, -0.15) is 0 Å². The number of nitrogens with zero attached hydrogens (tertiary/aromatic N) is 1. The molecule has 0 aliphatic carbocycles. The molecule has 0 unspecified atom stereocenters. The number of hydrogen-bond donors (Lipinski definition) is 1. The van der Waals surface area contributed by atoms with E-state index in [2.05, 4.69) is 4.98 Å². The number of oxazole rings is 1. The van der Waals surface area contributed by atoms with Crippen molar-refractivity contribution in [2.45, 2.75) is 6.54 Å². The molecule has 0 fully saturated rings. The maximum Gasteiger partial charge on any atom is 0.181 e. The largest absolute Gasteiger partial charge is 0.443 e. The highest BCUT2D eigenvalue weighted by Crippen LogP contribution is 2.28. The van der Waals surface area contributed by atoms with Crippen LogP contribution in [-0.2, 0) is 6.54 Å². The lowest BCUT2D eigenvalue weighted by Gasteiger charge is -2.01. The number of nitrogens with two attached hydrogens (primary N) is 1. The minimum atomic E-state index is -0.411. The Morgan fingerprint density at radius 3 is 3.00 bits per heavy atom. The first-order chi connectivity index (χ1) is 7.22. The molecule has 0 saturated carbocycles. The minimum absolute atomic E-state index is 0.192. The maximum absolute atomic E-state index is 13.5. The Bertz CT molecular complexity index is 484. The molecule has 0 atom stereocenters. The lowest BCUT2D eigenvalue weighted by Crippen LogP contribution is -1.98. The van der Waals surface area contributed by atoms with Gasteiger partial charge in [0.2, 0.25) is 0 Å². The van der Waals surface area contributed by atoms with E-state index in [0.29, 0.717) is 16.5 Å². The van der Waals surface area contributed by atoms with Crippen molar-refractivity contribution in [2.24, 2.45) is 5.73 Å². The highest BCUT2D eigenvalue weighted by Gasteiger charge is 2.14. The summed E-state index contributed by atoms with van der Waals surface area (Å²) in [4.78, 5) is 3.88. The standard InChI is InChI=1S/C10H8ClFN2O/c11-6-1-2-8(12)7(3-6)10-9(4-13)14-5-15-10/h1-3,5H,4,13H2. The van der Waals surface area contributed by atoms with Gasteiger partial charge in [-0.05, 0) is 18.2 Å². The van der Waals surface area contributed by atoms with Crippen LogP contribution in [0.4, 0.5) is 4.39 Å². The monoisotopic (exact) mass is 226 g/mol. The third-order valence-corrected chi connectivity index (χ3v) is 2.24. The molecule has 0 amide bonds. The minimum Gasteiger partial charge on any atom is -0.443 e. The van der Waals surface area contributed by atoms with Crippen LogP contribution in [-0.4, -0.2) is 4.98 Å². The van der Waals surface area contributed by atoms with Gasteiger partial charge in [-0.15, -0.1) is 0 Å². The Hall–Kier alpha value is -1.39. The van der Waals surface area contributed by atoms with E-state index in [1.165, 1.54) is 24.6 Å². The summed E-state index contributed by atoms with van der Waals surface area (Å²) in [5, 5.41) is 0.436. The molecule has 15 heavy (non-hydrogen) atoms. The SMILES string of the molecule is NCc1ncoc1-c1cc(Cl)ccc1F. The van der Waals surface area contributed by atoms with Crippen LogP contribution in [0, 0.1) is 5.82 Å². The Morgan fingerprint density at radius 1 is 1.47 bits per heavy atom. The molecule has 3 nitrogen and oxygen atoms in total. The van der Waals surface area contributed by atoms with Crippen molar-refractivity contribution in [1.82, 2.24) is 4.98 Å². The summed E-state index contributed by atoms with van der Waals surface area (Å²) < 4.78 is 18.5. The predicted octanol–water partition coefficient (Wildman–Crippen LogP) is 2.59. The van der Waals surface area contributed by atoms with Crippen LogP contribution in [0.5, 0.6) is 0 Å². The second-order valence-corrected chi connectivity index (χ2v) is 3.39. The van der Waals surface area contributed by atoms with Gasteiger partial charge in [0.15, 0.2) is 12.2 Å². The van der Waals surface area contributed by atoms with Crippen LogP contribution in [0.2, 0.25) is 5.02 Å². The number of hydrogen-bond acceptors (Lipinski definition) is 3. The smallest absolute Gasteiger partial charge is 0.181 e. The van der Waals surface area contributed by atoms with Crippen LogP contribution in [0.1, 0.15) is 5.69 Å². The van der Waals surface area contributed by atoms with Gasteiger partial charge in [0.05, 0.1) is 5.56 Å². The van der Waals surface area contributed by atoms with Gasteiger partial charge >= 0.3 is 0 Å². The fourth-order valence-electron chi connectivity index (χ4n) is 1.31. The fraction of sp³-hybridized carbons (Fsp3) is 0.100. The quantitative estimate of drug-likeness (QED) is 0.856. The van der Waals surface area contributed by atoms with Crippen LogP contribution in [0.15, 0.2) is 29.0 Å². The summed E-state index contributed by atoms with van der Waals surface area (Å²) in [6.45, 7) is 0.192.